The van der Waals surface area contributed by atoms with Crippen LogP contribution < -0.4 is 0 Å². The molecule has 0 saturated heterocycles. The summed E-state index contributed by atoms with van der Waals surface area (Å²) in [5, 5.41) is 0. The highest BCUT2D eigenvalue weighted by Crippen LogP contribution is 2.37. The first-order chi connectivity index (χ1) is 12.3. The van der Waals surface area contributed by atoms with Crippen LogP contribution in [0.2, 0.25) is 0 Å². The van der Waals surface area contributed by atoms with Gasteiger partial charge in [0.1, 0.15) is 12.7 Å². The SMILES string of the molecule is CC1(C)N=C(C(Cl)(Cl)Cl)O[C@@H]1CN(C(=O)OCc1ccccc1)S(=O)(=O)F. The van der Waals surface area contributed by atoms with Crippen LogP contribution in [0.5, 0.6) is 0 Å². The number of nitrogens with zero attached hydrogens (tertiary/aromatic N) is 2. The molecule has 0 aromatic heterocycles. The molecule has 0 fully saturated rings. The number of carbonyl (C=O) groups is 1. The number of benzene rings is 1. The van der Waals surface area contributed by atoms with Gasteiger partial charge in [0.05, 0.1) is 12.1 Å². The van der Waals surface area contributed by atoms with Gasteiger partial charge in [0.2, 0.25) is 5.90 Å². The summed E-state index contributed by atoms with van der Waals surface area (Å²) in [6.45, 7) is 2.16. The summed E-state index contributed by atoms with van der Waals surface area (Å²) in [4.78, 5) is 16.2. The zero-order valence-electron chi connectivity index (χ0n) is 14.2. The fourth-order valence-corrected chi connectivity index (χ4v) is 3.03. The van der Waals surface area contributed by atoms with E-state index >= 15 is 0 Å². The van der Waals surface area contributed by atoms with E-state index in [1.54, 1.807) is 44.2 Å². The standard InChI is InChI=1S/C15H16Cl3FN2O5S/c1-14(2)11(26-12(20-14)15(16,17)18)8-21(27(19,23)24)13(22)25-9-10-6-4-3-5-7-10/h3-7,11H,8-9H2,1-2H3/t11-/m1/s1. The van der Waals surface area contributed by atoms with Crippen LogP contribution in [0.25, 0.3) is 0 Å². The minimum atomic E-state index is -5.43. The maximum Gasteiger partial charge on any atom is 0.426 e. The number of carbonyl (C=O) groups excluding carboxylic acids is 1. The summed E-state index contributed by atoms with van der Waals surface area (Å²) in [7, 11) is -5.43. The van der Waals surface area contributed by atoms with Gasteiger partial charge in [-0.1, -0.05) is 69.0 Å². The molecule has 150 valence electrons. The average molecular weight is 462 g/mol. The summed E-state index contributed by atoms with van der Waals surface area (Å²) >= 11 is 17.1. The van der Waals surface area contributed by atoms with Crippen molar-refractivity contribution in [2.75, 3.05) is 6.54 Å². The Balaban J connectivity index is 2.13. The molecule has 1 aliphatic heterocycles. The predicted octanol–water partition coefficient (Wildman–Crippen LogP) is 3.79. The van der Waals surface area contributed by atoms with Crippen molar-refractivity contribution in [2.45, 2.75) is 35.9 Å². The van der Waals surface area contributed by atoms with Crippen LogP contribution in [0, 0.1) is 0 Å². The van der Waals surface area contributed by atoms with Crippen LogP contribution in [-0.2, 0) is 26.5 Å². The van der Waals surface area contributed by atoms with E-state index in [4.69, 9.17) is 44.3 Å². The van der Waals surface area contributed by atoms with Gasteiger partial charge >= 0.3 is 16.5 Å². The van der Waals surface area contributed by atoms with Crippen LogP contribution in [0.3, 0.4) is 0 Å². The van der Waals surface area contributed by atoms with Gasteiger partial charge in [-0.2, -0.15) is 12.7 Å². The molecule has 27 heavy (non-hydrogen) atoms. The average Bonchev–Trinajstić information content (AvgIpc) is 2.85. The molecule has 1 amide bonds. The Morgan fingerprint density at radius 2 is 1.93 bits per heavy atom. The molecule has 0 unspecified atom stereocenters. The van der Waals surface area contributed by atoms with Gasteiger partial charge in [0.25, 0.3) is 3.79 Å². The molecule has 12 heteroatoms. The highest BCUT2D eigenvalue weighted by Gasteiger charge is 2.47. The normalized spacial score (nSPS) is 19.2. The molecule has 0 spiro atoms. The molecule has 1 heterocycles. The lowest BCUT2D eigenvalue weighted by Gasteiger charge is -2.27. The van der Waals surface area contributed by atoms with Crippen molar-refractivity contribution in [3.8, 4) is 0 Å². The molecule has 0 saturated carbocycles. The summed E-state index contributed by atoms with van der Waals surface area (Å²) in [6.07, 6.45) is -2.49. The highest BCUT2D eigenvalue weighted by atomic mass is 35.6. The first-order valence-corrected chi connectivity index (χ1v) is 10.0. The second-order valence-corrected chi connectivity index (χ2v) is 9.73. The van der Waals surface area contributed by atoms with Crippen LogP contribution in [-0.4, -0.2) is 46.7 Å². The smallest absolute Gasteiger partial charge is 0.426 e. The second kappa shape index (κ2) is 7.98. The Hall–Kier alpha value is -1.29. The van der Waals surface area contributed by atoms with Gasteiger partial charge < -0.3 is 9.47 Å². The van der Waals surface area contributed by atoms with Crippen molar-refractivity contribution >= 4 is 57.2 Å². The molecule has 7 nitrogen and oxygen atoms in total. The van der Waals surface area contributed by atoms with Crippen LogP contribution in [0.4, 0.5) is 8.68 Å². The van der Waals surface area contributed by atoms with Gasteiger partial charge in [-0.05, 0) is 19.4 Å². The summed E-state index contributed by atoms with van der Waals surface area (Å²) in [5.74, 6) is -0.281. The zero-order chi connectivity index (χ0) is 20.5. The zero-order valence-corrected chi connectivity index (χ0v) is 17.3. The van der Waals surface area contributed by atoms with Crippen molar-refractivity contribution in [2.24, 2.45) is 4.99 Å². The number of ether oxygens (including phenoxy) is 2. The lowest BCUT2D eigenvalue weighted by molar-refractivity contribution is 0.0892. The summed E-state index contributed by atoms with van der Waals surface area (Å²) < 4.78 is 44.8. The van der Waals surface area contributed by atoms with Gasteiger partial charge in [0.15, 0.2) is 0 Å². The Bertz CT molecular complexity index is 828. The van der Waals surface area contributed by atoms with Crippen molar-refractivity contribution in [1.29, 1.82) is 0 Å². The molecule has 0 bridgehead atoms. The molecule has 1 aromatic rings. The maximum atomic E-state index is 13.7. The van der Waals surface area contributed by atoms with Crippen molar-refractivity contribution < 1.29 is 26.6 Å². The fraction of sp³-hybridized carbons (Fsp3) is 0.467. The monoisotopic (exact) mass is 460 g/mol. The molecule has 2 rings (SSSR count). The Morgan fingerprint density at radius 3 is 2.41 bits per heavy atom. The molecular weight excluding hydrogens is 446 g/mol. The minimum absolute atomic E-state index is 0.0841. The molecule has 1 atom stereocenters. The van der Waals surface area contributed by atoms with E-state index in [-0.39, 0.29) is 16.8 Å². The van der Waals surface area contributed by atoms with E-state index < -0.39 is 38.5 Å². The number of halogens is 4. The Kier molecular flexibility index (Phi) is 6.51. The van der Waals surface area contributed by atoms with Crippen LogP contribution in [0.1, 0.15) is 19.4 Å². The van der Waals surface area contributed by atoms with E-state index in [0.717, 1.165) is 0 Å². The maximum absolute atomic E-state index is 13.7. The molecule has 0 radical (unpaired) electrons. The first kappa shape index (κ1) is 22.0. The number of aliphatic imine (C=N–C) groups is 1. The van der Waals surface area contributed by atoms with Gasteiger partial charge in [-0.25, -0.2) is 9.79 Å². The number of amides is 1. The lowest BCUT2D eigenvalue weighted by Crippen LogP contribution is -2.46. The topological polar surface area (TPSA) is 85.3 Å². The Labute approximate surface area is 171 Å². The first-order valence-electron chi connectivity index (χ1n) is 7.57. The second-order valence-electron chi connectivity index (χ2n) is 6.19. The number of alkyl halides is 3. The van der Waals surface area contributed by atoms with Gasteiger partial charge in [0, 0.05) is 0 Å². The highest BCUT2D eigenvalue weighted by molar-refractivity contribution is 7.84. The van der Waals surface area contributed by atoms with E-state index in [9.17, 15) is 17.1 Å². The van der Waals surface area contributed by atoms with Gasteiger partial charge in [-0.3, -0.25) is 0 Å². The van der Waals surface area contributed by atoms with Crippen molar-refractivity contribution in [1.82, 2.24) is 4.31 Å². The number of hydrogen-bond donors (Lipinski definition) is 0. The van der Waals surface area contributed by atoms with E-state index in [2.05, 4.69) is 4.99 Å². The van der Waals surface area contributed by atoms with Crippen molar-refractivity contribution in [3.05, 3.63) is 35.9 Å². The lowest BCUT2D eigenvalue weighted by atomic mass is 9.99. The molecule has 1 aromatic carbocycles. The van der Waals surface area contributed by atoms with Gasteiger partial charge in [-0.15, -0.1) is 0 Å². The third kappa shape index (κ3) is 5.84. The third-order valence-corrected chi connectivity index (χ3v) is 4.99. The third-order valence-electron chi connectivity index (χ3n) is 3.68. The predicted molar refractivity (Wildman–Crippen MR) is 100 cm³/mol. The largest absolute Gasteiger partial charge is 0.470 e. The van der Waals surface area contributed by atoms with Crippen LogP contribution in [0.15, 0.2) is 35.3 Å². The fourth-order valence-electron chi connectivity index (χ4n) is 2.22. The summed E-state index contributed by atoms with van der Waals surface area (Å²) in [5.41, 5.74) is -0.483. The summed E-state index contributed by atoms with van der Waals surface area (Å²) in [6, 6.07) is 8.48. The van der Waals surface area contributed by atoms with E-state index in [1.165, 1.54) is 0 Å². The van der Waals surface area contributed by atoms with E-state index in [0.29, 0.717) is 5.56 Å². The quantitative estimate of drug-likeness (QED) is 0.492. The molecular formula is C15H16Cl3FN2O5S. The number of rotatable bonds is 5. The number of hydrogen-bond acceptors (Lipinski definition) is 6. The van der Waals surface area contributed by atoms with Crippen LogP contribution >= 0.6 is 34.8 Å². The molecule has 0 N–H and O–H groups in total. The molecule has 1 aliphatic rings. The van der Waals surface area contributed by atoms with Crippen molar-refractivity contribution in [3.63, 3.8) is 0 Å². The molecule has 0 aliphatic carbocycles. The van der Waals surface area contributed by atoms with E-state index in [1.807, 2.05) is 0 Å². The Morgan fingerprint density at radius 1 is 1.33 bits per heavy atom. The minimum Gasteiger partial charge on any atom is -0.470 e.